The number of hydrogen-bond donors (Lipinski definition) is 0. The molecule has 9 heteroatoms. The van der Waals surface area contributed by atoms with Gasteiger partial charge in [0.05, 0.1) is 27.3 Å². The Morgan fingerprint density at radius 1 is 1.16 bits per heavy atom. The second-order valence-electron chi connectivity index (χ2n) is 8.45. The number of hydrogen-bond acceptors (Lipinski definition) is 5. The van der Waals surface area contributed by atoms with Gasteiger partial charge in [0.2, 0.25) is 0 Å². The van der Waals surface area contributed by atoms with Crippen molar-refractivity contribution in [1.82, 2.24) is 9.66 Å². The van der Waals surface area contributed by atoms with Crippen LogP contribution in [0, 0.1) is 9.39 Å². The molecule has 0 unspecified atom stereocenters. The first kappa shape index (κ1) is 27.3. The predicted octanol–water partition coefficient (Wildman–Crippen LogP) is 7.28. The molecular weight excluding hydrogens is 652 g/mol. The normalized spacial score (nSPS) is 12.3. The topological polar surface area (TPSA) is 65.7 Å². The minimum Gasteiger partial charge on any atom is -0.490 e. The maximum Gasteiger partial charge on any atom is 0.282 e. The molecule has 0 radical (unpaired) electrons. The summed E-state index contributed by atoms with van der Waals surface area (Å²) >= 11 is 5.59. The molecule has 1 heterocycles. The summed E-state index contributed by atoms with van der Waals surface area (Å²) in [6.07, 6.45) is 2.43. The first-order valence-corrected chi connectivity index (χ1v) is 13.8. The van der Waals surface area contributed by atoms with Crippen molar-refractivity contribution >= 4 is 55.6 Å². The molecule has 0 saturated heterocycles. The van der Waals surface area contributed by atoms with E-state index in [9.17, 15) is 9.18 Å². The van der Waals surface area contributed by atoms with E-state index in [1.807, 2.05) is 39.0 Å². The van der Waals surface area contributed by atoms with Crippen LogP contribution in [0.5, 0.6) is 11.5 Å². The average molecular weight is 678 g/mol. The fraction of sp³-hybridized carbons (Fsp3) is 0.250. The molecule has 37 heavy (non-hydrogen) atoms. The molecule has 0 aliphatic carbocycles. The zero-order chi connectivity index (χ0) is 26.5. The summed E-state index contributed by atoms with van der Waals surface area (Å²) in [5, 5.41) is 5.04. The number of halogens is 3. The van der Waals surface area contributed by atoms with E-state index in [4.69, 9.17) is 14.5 Å². The molecule has 0 fully saturated rings. The molecule has 0 N–H and O–H groups in total. The van der Waals surface area contributed by atoms with Crippen molar-refractivity contribution in [3.63, 3.8) is 0 Å². The van der Waals surface area contributed by atoms with Crippen LogP contribution in [0.15, 0.2) is 69.0 Å². The van der Waals surface area contributed by atoms with Gasteiger partial charge in [-0.25, -0.2) is 9.37 Å². The van der Waals surface area contributed by atoms with Crippen molar-refractivity contribution in [3.8, 4) is 11.5 Å². The Kier molecular flexibility index (Phi) is 8.96. The third kappa shape index (κ3) is 6.20. The average Bonchev–Trinajstić information content (AvgIpc) is 2.88. The molecule has 1 atom stereocenters. The van der Waals surface area contributed by atoms with Crippen LogP contribution in [0.1, 0.15) is 50.1 Å². The van der Waals surface area contributed by atoms with Gasteiger partial charge < -0.3 is 9.47 Å². The monoisotopic (exact) mass is 677 g/mol. The second-order valence-corrected chi connectivity index (χ2v) is 10.5. The van der Waals surface area contributed by atoms with Gasteiger partial charge in [-0.15, -0.1) is 0 Å². The van der Waals surface area contributed by atoms with Gasteiger partial charge in [-0.3, -0.25) is 4.79 Å². The summed E-state index contributed by atoms with van der Waals surface area (Å²) in [4.78, 5) is 18.1. The maximum atomic E-state index is 14.1. The van der Waals surface area contributed by atoms with Crippen LogP contribution in [0.25, 0.3) is 10.9 Å². The molecule has 0 saturated carbocycles. The summed E-state index contributed by atoms with van der Waals surface area (Å²) in [6, 6.07) is 15.6. The highest BCUT2D eigenvalue weighted by Gasteiger charge is 2.17. The molecule has 1 aromatic heterocycles. The fourth-order valence-corrected chi connectivity index (χ4v) is 4.88. The SMILES string of the molecule is CCOc1cc(C=Nn2c([C@H](C)CC)nc3ccc(Br)cc3c2=O)cc(I)c1OCc1ccccc1F. The summed E-state index contributed by atoms with van der Waals surface area (Å²) in [7, 11) is 0. The minimum absolute atomic E-state index is 0.0335. The van der Waals surface area contributed by atoms with E-state index in [1.165, 1.54) is 10.7 Å². The number of aromatic nitrogens is 2. The zero-order valence-corrected chi connectivity index (χ0v) is 24.4. The van der Waals surface area contributed by atoms with Gasteiger partial charge in [0.1, 0.15) is 18.2 Å². The molecule has 4 aromatic rings. The summed E-state index contributed by atoms with van der Waals surface area (Å²) in [6.45, 7) is 6.45. The zero-order valence-electron chi connectivity index (χ0n) is 20.7. The number of fused-ring (bicyclic) bond motifs is 1. The fourth-order valence-electron chi connectivity index (χ4n) is 3.73. The molecule has 192 valence electrons. The third-order valence-corrected chi connectivity index (χ3v) is 7.16. The van der Waals surface area contributed by atoms with Gasteiger partial charge >= 0.3 is 0 Å². The largest absolute Gasteiger partial charge is 0.490 e. The molecule has 0 amide bonds. The lowest BCUT2D eigenvalue weighted by atomic mass is 10.1. The Balaban J connectivity index is 1.72. The van der Waals surface area contributed by atoms with Crippen LogP contribution in [0.3, 0.4) is 0 Å². The first-order valence-electron chi connectivity index (χ1n) is 11.9. The van der Waals surface area contributed by atoms with Gasteiger partial charge in [0.25, 0.3) is 5.56 Å². The van der Waals surface area contributed by atoms with E-state index >= 15 is 0 Å². The lowest BCUT2D eigenvalue weighted by Crippen LogP contribution is -2.23. The third-order valence-electron chi connectivity index (χ3n) is 5.87. The van der Waals surface area contributed by atoms with Crippen molar-refractivity contribution in [3.05, 3.63) is 95.8 Å². The Bertz CT molecular complexity index is 1520. The summed E-state index contributed by atoms with van der Waals surface area (Å²) in [5.41, 5.74) is 1.59. The standard InChI is InChI=1S/C28H26BrFIN3O3/c1-4-17(3)27-33-24-11-10-20(29)14-21(24)28(35)34(27)32-15-18-12-23(31)26(25(13-18)36-5-2)37-16-19-8-6-7-9-22(19)30/h6-15,17H,4-5,16H2,1-3H3/t17-/m1/s1. The van der Waals surface area contributed by atoms with Crippen LogP contribution < -0.4 is 15.0 Å². The molecule has 4 rings (SSSR count). The highest BCUT2D eigenvalue weighted by molar-refractivity contribution is 14.1. The molecule has 0 aliphatic heterocycles. The predicted molar refractivity (Wildman–Crippen MR) is 156 cm³/mol. The van der Waals surface area contributed by atoms with Crippen molar-refractivity contribution in [2.45, 2.75) is 39.7 Å². The Morgan fingerprint density at radius 3 is 2.68 bits per heavy atom. The number of benzene rings is 3. The van der Waals surface area contributed by atoms with Crippen LogP contribution >= 0.6 is 38.5 Å². The summed E-state index contributed by atoms with van der Waals surface area (Å²) in [5.74, 6) is 1.35. The van der Waals surface area contributed by atoms with Gasteiger partial charge in [-0.1, -0.05) is 48.0 Å². The molecule has 0 spiro atoms. The van der Waals surface area contributed by atoms with Crippen molar-refractivity contribution in [2.75, 3.05) is 6.61 Å². The second kappa shape index (κ2) is 12.2. The molecule has 6 nitrogen and oxygen atoms in total. The maximum absolute atomic E-state index is 14.1. The smallest absolute Gasteiger partial charge is 0.282 e. The van der Waals surface area contributed by atoms with Crippen molar-refractivity contribution in [2.24, 2.45) is 5.10 Å². The molecule has 0 aliphatic rings. The van der Waals surface area contributed by atoms with Crippen LogP contribution in [0.4, 0.5) is 4.39 Å². The number of rotatable bonds is 9. The Labute approximate surface area is 236 Å². The van der Waals surface area contributed by atoms with E-state index in [1.54, 1.807) is 36.5 Å². The lowest BCUT2D eigenvalue weighted by Gasteiger charge is -2.15. The van der Waals surface area contributed by atoms with Crippen molar-refractivity contribution < 1.29 is 13.9 Å². The van der Waals surface area contributed by atoms with E-state index in [0.717, 1.165) is 20.0 Å². The van der Waals surface area contributed by atoms with E-state index in [0.29, 0.717) is 40.4 Å². The van der Waals surface area contributed by atoms with Crippen molar-refractivity contribution in [1.29, 1.82) is 0 Å². The lowest BCUT2D eigenvalue weighted by molar-refractivity contribution is 0.264. The van der Waals surface area contributed by atoms with Gasteiger partial charge in [-0.05, 0) is 77.9 Å². The van der Waals surface area contributed by atoms with Gasteiger partial charge in [-0.2, -0.15) is 9.78 Å². The highest BCUT2D eigenvalue weighted by atomic mass is 127. The quantitative estimate of drug-likeness (QED) is 0.138. The number of nitrogens with zero attached hydrogens (tertiary/aromatic N) is 3. The van der Waals surface area contributed by atoms with E-state index in [2.05, 4.69) is 43.6 Å². The summed E-state index contributed by atoms with van der Waals surface area (Å²) < 4.78 is 28.8. The van der Waals surface area contributed by atoms with Gasteiger partial charge in [0.15, 0.2) is 11.5 Å². The molecule has 3 aromatic carbocycles. The van der Waals surface area contributed by atoms with Gasteiger partial charge in [0, 0.05) is 16.0 Å². The van der Waals surface area contributed by atoms with Crippen LogP contribution in [0.2, 0.25) is 0 Å². The molecular formula is C28H26BrFIN3O3. The Hall–Kier alpha value is -2.79. The number of ether oxygens (including phenoxy) is 2. The van der Waals surface area contributed by atoms with E-state index in [-0.39, 0.29) is 23.9 Å². The van der Waals surface area contributed by atoms with Crippen LogP contribution in [-0.2, 0) is 6.61 Å². The van der Waals surface area contributed by atoms with E-state index < -0.39 is 0 Å². The Morgan fingerprint density at radius 2 is 1.95 bits per heavy atom. The minimum atomic E-state index is -0.321. The first-order chi connectivity index (χ1) is 17.8. The van der Waals surface area contributed by atoms with Crippen LogP contribution in [-0.4, -0.2) is 22.5 Å². The molecule has 0 bridgehead atoms. The highest BCUT2D eigenvalue weighted by Crippen LogP contribution is 2.35.